The van der Waals surface area contributed by atoms with Crippen LogP contribution in [0.3, 0.4) is 0 Å². The summed E-state index contributed by atoms with van der Waals surface area (Å²) in [6, 6.07) is 0.967. The van der Waals surface area contributed by atoms with Crippen LogP contribution in [-0.4, -0.2) is 53.8 Å². The number of aromatic nitrogens is 5. The Balaban J connectivity index is 1.48. The van der Waals surface area contributed by atoms with Gasteiger partial charge < -0.3 is 14.4 Å². The number of carbonyl (C=O) groups is 2. The van der Waals surface area contributed by atoms with Gasteiger partial charge in [-0.15, -0.1) is 0 Å². The molecule has 0 bridgehead atoms. The number of carbonyl (C=O) groups excluding carboxylic acids is 1. The highest BCUT2D eigenvalue weighted by Crippen LogP contribution is 2.29. The van der Waals surface area contributed by atoms with Crippen LogP contribution in [0.1, 0.15) is 21.9 Å². The Labute approximate surface area is 188 Å². The summed E-state index contributed by atoms with van der Waals surface area (Å²) >= 11 is 0.962. The Morgan fingerprint density at radius 2 is 2.12 bits per heavy atom. The van der Waals surface area contributed by atoms with Crippen LogP contribution in [0.2, 0.25) is 0 Å². The fourth-order valence-electron chi connectivity index (χ4n) is 3.64. The first-order valence-electron chi connectivity index (χ1n) is 9.76. The van der Waals surface area contributed by atoms with Gasteiger partial charge in [-0.05, 0) is 13.0 Å². The number of pyridine rings is 2. The van der Waals surface area contributed by atoms with E-state index >= 15 is 0 Å². The van der Waals surface area contributed by atoms with E-state index in [0.29, 0.717) is 11.6 Å². The molecular weight excluding hydrogens is 455 g/mol. The molecule has 0 unspecified atom stereocenters. The number of aryl methyl sites for hydroxylation is 1. The SMILES string of the molecule is Cc1coc(CC(=O)C2CN(c3nc4c(cc3F)c(=O)c(C(=O)O)cn4-c3ncns3)C2)n1. The third-order valence-electron chi connectivity index (χ3n) is 5.33. The van der Waals surface area contributed by atoms with Crippen molar-refractivity contribution in [2.75, 3.05) is 18.0 Å². The first-order valence-corrected chi connectivity index (χ1v) is 10.5. The van der Waals surface area contributed by atoms with Crippen LogP contribution in [-0.2, 0) is 11.2 Å². The van der Waals surface area contributed by atoms with Crippen molar-refractivity contribution in [3.8, 4) is 5.13 Å². The molecule has 11 nitrogen and oxygen atoms in total. The van der Waals surface area contributed by atoms with E-state index in [2.05, 4.69) is 19.3 Å². The summed E-state index contributed by atoms with van der Waals surface area (Å²) in [5.74, 6) is -2.37. The zero-order chi connectivity index (χ0) is 23.3. The molecule has 33 heavy (non-hydrogen) atoms. The lowest BCUT2D eigenvalue weighted by Gasteiger charge is -2.39. The topological polar surface area (TPSA) is 144 Å². The number of hydrogen-bond acceptors (Lipinski definition) is 10. The summed E-state index contributed by atoms with van der Waals surface area (Å²) in [6.07, 6.45) is 3.89. The van der Waals surface area contributed by atoms with Gasteiger partial charge in [-0.1, -0.05) is 0 Å². The molecular formula is C20H15FN6O5S. The maximum absolute atomic E-state index is 14.9. The maximum Gasteiger partial charge on any atom is 0.341 e. The Hall–Kier alpha value is -4.00. The monoisotopic (exact) mass is 470 g/mol. The predicted molar refractivity (Wildman–Crippen MR) is 113 cm³/mol. The largest absolute Gasteiger partial charge is 0.477 e. The standard InChI is InChI=1S/C20H15FN6O5S/c1-9-7-32-15(24-9)3-14(28)10-4-26(5-10)18-13(21)2-11-16(29)12(19(30)31)6-27(17(11)25-18)20-22-8-23-33-20/h2,6-8,10H,3-5H2,1H3,(H,30,31). The molecule has 0 aromatic carbocycles. The van der Waals surface area contributed by atoms with Gasteiger partial charge >= 0.3 is 5.97 Å². The van der Waals surface area contributed by atoms with Crippen LogP contribution in [0.25, 0.3) is 16.2 Å². The lowest BCUT2D eigenvalue weighted by Crippen LogP contribution is -2.51. The number of halogens is 1. The van der Waals surface area contributed by atoms with Gasteiger partial charge in [0.15, 0.2) is 17.3 Å². The molecule has 4 aromatic rings. The molecule has 0 atom stereocenters. The van der Waals surface area contributed by atoms with Crippen LogP contribution < -0.4 is 10.3 Å². The number of fused-ring (bicyclic) bond motifs is 1. The van der Waals surface area contributed by atoms with Crippen molar-refractivity contribution in [2.45, 2.75) is 13.3 Å². The normalized spacial score (nSPS) is 13.9. The van der Waals surface area contributed by atoms with Gasteiger partial charge in [0.1, 0.15) is 23.9 Å². The summed E-state index contributed by atoms with van der Waals surface area (Å²) in [7, 11) is 0. The third kappa shape index (κ3) is 3.65. The van der Waals surface area contributed by atoms with Gasteiger partial charge in [-0.3, -0.25) is 14.2 Å². The smallest absolute Gasteiger partial charge is 0.341 e. The molecule has 1 fully saturated rings. The minimum absolute atomic E-state index is 0.0424. The van der Waals surface area contributed by atoms with Gasteiger partial charge in [0.05, 0.1) is 23.4 Å². The molecule has 0 aliphatic carbocycles. The quantitative estimate of drug-likeness (QED) is 0.441. The van der Waals surface area contributed by atoms with E-state index in [9.17, 15) is 23.9 Å². The first kappa shape index (κ1) is 20.9. The zero-order valence-electron chi connectivity index (χ0n) is 17.1. The fraction of sp³-hybridized carbons (Fsp3) is 0.250. The summed E-state index contributed by atoms with van der Waals surface area (Å²) in [6.45, 7) is 2.24. The van der Waals surface area contributed by atoms with E-state index < -0.39 is 22.8 Å². The molecule has 4 aromatic heterocycles. The molecule has 0 saturated carbocycles. The molecule has 5 rings (SSSR count). The fourth-order valence-corrected chi connectivity index (χ4v) is 4.15. The van der Waals surface area contributed by atoms with Crippen molar-refractivity contribution in [3.63, 3.8) is 0 Å². The highest BCUT2D eigenvalue weighted by molar-refractivity contribution is 7.08. The van der Waals surface area contributed by atoms with Crippen molar-refractivity contribution in [2.24, 2.45) is 5.92 Å². The average molecular weight is 470 g/mol. The van der Waals surface area contributed by atoms with Gasteiger partial charge in [-0.2, -0.15) is 4.37 Å². The number of hydrogen-bond donors (Lipinski definition) is 1. The third-order valence-corrected chi connectivity index (χ3v) is 5.99. The highest BCUT2D eigenvalue weighted by Gasteiger charge is 2.35. The average Bonchev–Trinajstić information content (AvgIpc) is 3.40. The van der Waals surface area contributed by atoms with Gasteiger partial charge in [0, 0.05) is 30.8 Å². The van der Waals surface area contributed by atoms with E-state index in [1.54, 1.807) is 11.8 Å². The second-order valence-corrected chi connectivity index (χ2v) is 8.32. The Morgan fingerprint density at radius 3 is 2.76 bits per heavy atom. The summed E-state index contributed by atoms with van der Waals surface area (Å²) in [5.41, 5.74) is -0.664. The molecule has 1 aliphatic heterocycles. The number of aromatic carboxylic acids is 1. The molecule has 1 aliphatic rings. The highest BCUT2D eigenvalue weighted by atomic mass is 32.1. The molecule has 13 heteroatoms. The van der Waals surface area contributed by atoms with Crippen molar-refractivity contribution >= 4 is 40.1 Å². The molecule has 168 valence electrons. The number of ketones is 1. The number of rotatable bonds is 6. The van der Waals surface area contributed by atoms with E-state index in [-0.39, 0.29) is 53.2 Å². The molecule has 0 amide bonds. The number of oxazole rings is 1. The van der Waals surface area contributed by atoms with Gasteiger partial charge in [-0.25, -0.2) is 24.1 Å². The van der Waals surface area contributed by atoms with Crippen LogP contribution in [0.4, 0.5) is 10.2 Å². The van der Waals surface area contributed by atoms with Crippen LogP contribution >= 0.6 is 11.5 Å². The first-order chi connectivity index (χ1) is 15.8. The van der Waals surface area contributed by atoms with Gasteiger partial charge in [0.2, 0.25) is 16.5 Å². The van der Waals surface area contributed by atoms with E-state index in [1.165, 1.54) is 17.2 Å². The predicted octanol–water partition coefficient (Wildman–Crippen LogP) is 1.62. The Morgan fingerprint density at radius 1 is 1.33 bits per heavy atom. The molecule has 0 spiro atoms. The molecule has 1 saturated heterocycles. The Bertz CT molecular complexity index is 1460. The molecule has 0 radical (unpaired) electrons. The summed E-state index contributed by atoms with van der Waals surface area (Å²) < 4.78 is 25.3. The maximum atomic E-state index is 14.9. The Kier molecular flexibility index (Phi) is 4.96. The van der Waals surface area contributed by atoms with Crippen molar-refractivity contribution < 1.29 is 23.5 Å². The number of carboxylic acid groups (broad SMARTS) is 1. The van der Waals surface area contributed by atoms with Crippen LogP contribution in [0.5, 0.6) is 0 Å². The summed E-state index contributed by atoms with van der Waals surface area (Å²) in [4.78, 5) is 50.7. The lowest BCUT2D eigenvalue weighted by molar-refractivity contribution is -0.123. The van der Waals surface area contributed by atoms with Crippen LogP contribution in [0.15, 0.2) is 34.1 Å². The lowest BCUT2D eigenvalue weighted by atomic mass is 9.93. The zero-order valence-corrected chi connectivity index (χ0v) is 17.9. The van der Waals surface area contributed by atoms with Crippen molar-refractivity contribution in [1.29, 1.82) is 0 Å². The number of Topliss-reactive ketones (excluding diaryl/α,β-unsaturated/α-hetero) is 1. The van der Waals surface area contributed by atoms with E-state index in [1.807, 2.05) is 0 Å². The summed E-state index contributed by atoms with van der Waals surface area (Å²) in [5, 5.41) is 9.46. The molecule has 5 heterocycles. The minimum Gasteiger partial charge on any atom is -0.477 e. The minimum atomic E-state index is -1.45. The van der Waals surface area contributed by atoms with Crippen molar-refractivity contribution in [1.82, 2.24) is 23.9 Å². The number of nitrogens with zero attached hydrogens (tertiary/aromatic N) is 6. The van der Waals surface area contributed by atoms with E-state index in [0.717, 1.165) is 23.8 Å². The second kappa shape index (κ2) is 7.85. The second-order valence-electron chi connectivity index (χ2n) is 7.56. The van der Waals surface area contributed by atoms with Crippen molar-refractivity contribution in [3.05, 3.63) is 58.0 Å². The van der Waals surface area contributed by atoms with Crippen LogP contribution in [0, 0.1) is 18.7 Å². The number of anilines is 1. The van der Waals surface area contributed by atoms with Gasteiger partial charge in [0.25, 0.3) is 0 Å². The van der Waals surface area contributed by atoms with E-state index in [4.69, 9.17) is 4.42 Å². The number of carboxylic acids is 1. The molecule has 1 N–H and O–H groups in total.